The Bertz CT molecular complexity index is 771. The lowest BCUT2D eigenvalue weighted by Crippen LogP contribution is -2.44. The number of carbonyl (C=O) groups excluding carboxylic acids is 1. The summed E-state index contributed by atoms with van der Waals surface area (Å²) in [6.07, 6.45) is 2.94. The fourth-order valence-electron chi connectivity index (χ4n) is 5.01. The van der Waals surface area contributed by atoms with E-state index in [0.29, 0.717) is 24.7 Å². The Morgan fingerprint density at radius 3 is 2.39 bits per heavy atom. The molecule has 0 radical (unpaired) electrons. The maximum Gasteiger partial charge on any atom is 0.471 e. The van der Waals surface area contributed by atoms with E-state index >= 15 is 0 Å². The molecule has 1 aromatic carbocycles. The molecule has 1 saturated heterocycles. The van der Waals surface area contributed by atoms with Crippen LogP contribution in [-0.4, -0.2) is 48.8 Å². The molecule has 0 atom stereocenters. The first-order valence-corrected chi connectivity index (χ1v) is 12.9. The van der Waals surface area contributed by atoms with Crippen molar-refractivity contribution in [3.63, 3.8) is 0 Å². The third-order valence-corrected chi connectivity index (χ3v) is 7.67. The van der Waals surface area contributed by atoms with Crippen molar-refractivity contribution in [3.05, 3.63) is 28.2 Å². The largest absolute Gasteiger partial charge is 0.491 e. The number of piperidine rings is 1. The van der Waals surface area contributed by atoms with Crippen molar-refractivity contribution in [1.82, 2.24) is 10.2 Å². The third-order valence-electron chi connectivity index (χ3n) is 6.90. The number of nitrogens with one attached hydrogen (secondary N) is 1. The van der Waals surface area contributed by atoms with Crippen molar-refractivity contribution < 1.29 is 22.7 Å². The summed E-state index contributed by atoms with van der Waals surface area (Å²) >= 11 is 3.69. The van der Waals surface area contributed by atoms with Gasteiger partial charge in [-0.05, 0) is 120 Å². The van der Waals surface area contributed by atoms with Crippen LogP contribution in [0.1, 0.15) is 64.4 Å². The average Bonchev–Trinajstić information content (AvgIpc) is 2.75. The van der Waals surface area contributed by atoms with E-state index in [0.717, 1.165) is 55.5 Å². The first-order chi connectivity index (χ1) is 15.6. The maximum atomic E-state index is 12.4. The number of likely N-dealkylation sites (tertiary alicyclic amines) is 1. The molecule has 4 nitrogen and oxygen atoms in total. The van der Waals surface area contributed by atoms with Gasteiger partial charge in [0.05, 0.1) is 6.10 Å². The number of ether oxygens (including phenoxy) is 1. The highest BCUT2D eigenvalue weighted by atomic mass is 79.9. The summed E-state index contributed by atoms with van der Waals surface area (Å²) in [7, 11) is 0. The summed E-state index contributed by atoms with van der Waals surface area (Å²) in [5, 5.41) is 2.14. The quantitative estimate of drug-likeness (QED) is 0.438. The zero-order valence-electron chi connectivity index (χ0n) is 19.6. The van der Waals surface area contributed by atoms with Crippen LogP contribution >= 0.6 is 15.9 Å². The minimum atomic E-state index is -4.79. The molecule has 0 aromatic heterocycles. The number of hydrogen-bond acceptors (Lipinski definition) is 3. The topological polar surface area (TPSA) is 41.6 Å². The Morgan fingerprint density at radius 1 is 1.12 bits per heavy atom. The van der Waals surface area contributed by atoms with Crippen LogP contribution < -0.4 is 10.1 Å². The van der Waals surface area contributed by atoms with Crippen molar-refractivity contribution in [2.24, 2.45) is 11.8 Å². The zero-order chi connectivity index (χ0) is 24.0. The molecule has 8 heteroatoms. The molecule has 1 saturated carbocycles. The third kappa shape index (κ3) is 8.46. The summed E-state index contributed by atoms with van der Waals surface area (Å²) < 4.78 is 44.2. The molecule has 1 N–H and O–H groups in total. The van der Waals surface area contributed by atoms with E-state index in [1.54, 1.807) is 0 Å². The number of carbonyl (C=O) groups is 1. The van der Waals surface area contributed by atoms with E-state index in [4.69, 9.17) is 4.74 Å². The van der Waals surface area contributed by atoms with Crippen molar-refractivity contribution in [3.8, 4) is 5.75 Å². The number of alkyl halides is 3. The van der Waals surface area contributed by atoms with Crippen LogP contribution in [0.15, 0.2) is 22.7 Å². The summed E-state index contributed by atoms with van der Waals surface area (Å²) in [4.78, 5) is 13.6. The molecule has 1 heterocycles. The highest BCUT2D eigenvalue weighted by Crippen LogP contribution is 2.31. The SMILES string of the molecule is CC(C)Oc1ccc(Br)c(CC2CCN(CC[C@H]3CC[C@H](NC(=O)C(F)(F)F)CC3)CC2)c1. The molecule has 1 aliphatic carbocycles. The molecule has 1 amide bonds. The lowest BCUT2D eigenvalue weighted by molar-refractivity contribution is -0.174. The van der Waals surface area contributed by atoms with Gasteiger partial charge in [0.2, 0.25) is 0 Å². The molecule has 1 aromatic rings. The number of rotatable bonds is 8. The minimum absolute atomic E-state index is 0.163. The highest BCUT2D eigenvalue weighted by Gasteiger charge is 2.40. The van der Waals surface area contributed by atoms with Gasteiger partial charge in [-0.1, -0.05) is 15.9 Å². The van der Waals surface area contributed by atoms with Crippen LogP contribution in [0.3, 0.4) is 0 Å². The monoisotopic (exact) mass is 532 g/mol. The standard InChI is InChI=1S/C25H36BrF3N2O2/c1-17(2)33-22-7-8-23(26)20(16-22)15-19-10-13-31(14-11-19)12-9-18-3-5-21(6-4-18)30-24(32)25(27,28)29/h7-8,16-19,21H,3-6,9-15H2,1-2H3,(H,30,32)/t18-,21-. The number of benzene rings is 1. The summed E-state index contributed by atoms with van der Waals surface area (Å²) in [5.41, 5.74) is 1.31. The molecule has 0 unspecified atom stereocenters. The molecule has 2 fully saturated rings. The second kappa shape index (κ2) is 11.9. The molecule has 3 rings (SSSR count). The molecule has 1 aliphatic heterocycles. The van der Waals surface area contributed by atoms with Gasteiger partial charge >= 0.3 is 12.1 Å². The Balaban J connectivity index is 1.35. The van der Waals surface area contributed by atoms with E-state index in [1.807, 2.05) is 19.9 Å². The van der Waals surface area contributed by atoms with Gasteiger partial charge in [-0.2, -0.15) is 13.2 Å². The van der Waals surface area contributed by atoms with Gasteiger partial charge in [0, 0.05) is 10.5 Å². The summed E-state index contributed by atoms with van der Waals surface area (Å²) in [6.45, 7) is 7.32. The van der Waals surface area contributed by atoms with Gasteiger partial charge in [-0.25, -0.2) is 0 Å². The molecule has 186 valence electrons. The van der Waals surface area contributed by atoms with Gasteiger partial charge in [-0.3, -0.25) is 4.79 Å². The smallest absolute Gasteiger partial charge is 0.471 e. The Labute approximate surface area is 203 Å². The first-order valence-electron chi connectivity index (χ1n) is 12.1. The van der Waals surface area contributed by atoms with E-state index in [-0.39, 0.29) is 12.1 Å². The van der Waals surface area contributed by atoms with Crippen LogP contribution in [0.25, 0.3) is 0 Å². The van der Waals surface area contributed by atoms with E-state index in [9.17, 15) is 18.0 Å². The summed E-state index contributed by atoms with van der Waals surface area (Å²) in [5.74, 6) is 0.328. The Morgan fingerprint density at radius 2 is 1.79 bits per heavy atom. The number of halogens is 4. The Kier molecular flexibility index (Phi) is 9.51. The van der Waals surface area contributed by atoms with Crippen LogP contribution in [0.4, 0.5) is 13.2 Å². The van der Waals surface area contributed by atoms with Crippen molar-refractivity contribution in [2.75, 3.05) is 19.6 Å². The second-order valence-electron chi connectivity index (χ2n) is 9.89. The van der Waals surface area contributed by atoms with E-state index in [2.05, 4.69) is 38.3 Å². The number of hydrogen-bond donors (Lipinski definition) is 1. The van der Waals surface area contributed by atoms with Gasteiger partial charge in [0.25, 0.3) is 0 Å². The van der Waals surface area contributed by atoms with Crippen molar-refractivity contribution >= 4 is 21.8 Å². The normalized spacial score (nSPS) is 23.0. The number of amides is 1. The predicted molar refractivity (Wildman–Crippen MR) is 127 cm³/mol. The molecule has 0 bridgehead atoms. The van der Waals surface area contributed by atoms with Crippen LogP contribution in [0, 0.1) is 11.8 Å². The van der Waals surface area contributed by atoms with Crippen molar-refractivity contribution in [1.29, 1.82) is 0 Å². The Hall–Kier alpha value is -1.28. The molecule has 0 spiro atoms. The average molecular weight is 533 g/mol. The summed E-state index contributed by atoms with van der Waals surface area (Å²) in [6, 6.07) is 5.90. The molecule has 33 heavy (non-hydrogen) atoms. The van der Waals surface area contributed by atoms with Crippen LogP contribution in [-0.2, 0) is 11.2 Å². The highest BCUT2D eigenvalue weighted by molar-refractivity contribution is 9.10. The lowest BCUT2D eigenvalue weighted by Gasteiger charge is -2.34. The zero-order valence-corrected chi connectivity index (χ0v) is 21.2. The van der Waals surface area contributed by atoms with Gasteiger partial charge in [0.15, 0.2) is 0 Å². The maximum absolute atomic E-state index is 12.4. The molecule has 2 aliphatic rings. The van der Waals surface area contributed by atoms with Crippen LogP contribution in [0.5, 0.6) is 5.75 Å². The second-order valence-corrected chi connectivity index (χ2v) is 10.7. The fourth-order valence-corrected chi connectivity index (χ4v) is 5.41. The van der Waals surface area contributed by atoms with E-state index < -0.39 is 12.1 Å². The molecular formula is C25H36BrF3N2O2. The number of nitrogens with zero attached hydrogens (tertiary/aromatic N) is 1. The fraction of sp³-hybridized carbons (Fsp3) is 0.720. The van der Waals surface area contributed by atoms with Gasteiger partial charge in [0.1, 0.15) is 5.75 Å². The lowest BCUT2D eigenvalue weighted by atomic mass is 9.83. The van der Waals surface area contributed by atoms with Crippen molar-refractivity contribution in [2.45, 2.75) is 83.5 Å². The van der Waals surface area contributed by atoms with Gasteiger partial charge in [-0.15, -0.1) is 0 Å². The van der Waals surface area contributed by atoms with Gasteiger partial charge < -0.3 is 15.0 Å². The minimum Gasteiger partial charge on any atom is -0.491 e. The van der Waals surface area contributed by atoms with E-state index in [1.165, 1.54) is 18.4 Å². The molecular weight excluding hydrogens is 497 g/mol. The van der Waals surface area contributed by atoms with Crippen LogP contribution in [0.2, 0.25) is 0 Å². The predicted octanol–water partition coefficient (Wildman–Crippen LogP) is 6.12. The first kappa shape index (κ1) is 26.3.